The molecule has 0 saturated heterocycles. The van der Waals surface area contributed by atoms with Gasteiger partial charge in [0.25, 0.3) is 0 Å². The van der Waals surface area contributed by atoms with E-state index in [1.54, 1.807) is 0 Å². The quantitative estimate of drug-likeness (QED) is 0.272. The molecule has 3 aliphatic rings. The Labute approximate surface area is 216 Å². The average Bonchev–Trinajstić information content (AvgIpc) is 3.53. The molecule has 37 heavy (non-hydrogen) atoms. The zero-order valence-electron chi connectivity index (χ0n) is 20.5. The van der Waals surface area contributed by atoms with Gasteiger partial charge in [-0.2, -0.15) is 0 Å². The lowest BCUT2D eigenvalue weighted by atomic mass is 9.73. The second-order valence-corrected chi connectivity index (χ2v) is 9.77. The number of allylic oxidation sites excluding steroid dienone is 1. The van der Waals surface area contributed by atoms with Gasteiger partial charge in [0.15, 0.2) is 6.30 Å². The number of nitrogens with zero attached hydrogens (tertiary/aromatic N) is 1. The molecule has 3 N–H and O–H groups in total. The molecular weight excluding hydrogens is 465 g/mol. The lowest BCUT2D eigenvalue weighted by Gasteiger charge is -2.31. The summed E-state index contributed by atoms with van der Waals surface area (Å²) in [5.41, 5.74) is 13.9. The molecule has 3 aromatic rings. The molecule has 6 heteroatoms. The summed E-state index contributed by atoms with van der Waals surface area (Å²) in [7, 11) is 0. The van der Waals surface area contributed by atoms with Crippen LogP contribution in [0.4, 0.5) is 10.1 Å². The van der Waals surface area contributed by atoms with Crippen LogP contribution in [0.1, 0.15) is 53.4 Å². The number of fused-ring (bicyclic) bond motifs is 1. The van der Waals surface area contributed by atoms with Gasteiger partial charge in [-0.1, -0.05) is 67.1 Å². The molecule has 1 aliphatic carbocycles. The highest BCUT2D eigenvalue weighted by molar-refractivity contribution is 6.00. The molecule has 2 aliphatic heterocycles. The van der Waals surface area contributed by atoms with E-state index in [1.807, 2.05) is 30.4 Å². The van der Waals surface area contributed by atoms with Crippen LogP contribution in [-0.4, -0.2) is 30.3 Å². The maximum absolute atomic E-state index is 14.6. The molecule has 1 fully saturated rings. The summed E-state index contributed by atoms with van der Waals surface area (Å²) in [4.78, 5) is 4.31. The van der Waals surface area contributed by atoms with Gasteiger partial charge in [-0.25, -0.2) is 14.8 Å². The van der Waals surface area contributed by atoms with E-state index >= 15 is 0 Å². The number of anilines is 1. The molecule has 0 amide bonds. The fourth-order valence-electron chi connectivity index (χ4n) is 5.19. The number of hydrogen-bond acceptors (Lipinski definition) is 5. The highest BCUT2D eigenvalue weighted by atomic mass is 19.1. The van der Waals surface area contributed by atoms with Crippen molar-refractivity contribution in [2.24, 2.45) is 10.9 Å². The van der Waals surface area contributed by atoms with Crippen molar-refractivity contribution in [3.05, 3.63) is 107 Å². The Hall–Kier alpha value is -3.74. The highest BCUT2D eigenvalue weighted by Crippen LogP contribution is 2.46. The molecule has 188 valence electrons. The third-order valence-corrected chi connectivity index (χ3v) is 7.37. The average molecular weight is 496 g/mol. The number of nitrogens with one attached hydrogen (secondary N) is 2. The maximum atomic E-state index is 14.6. The Balaban J connectivity index is 1.42. The number of hydrogen-bond donors (Lipinski definition) is 3. The zero-order valence-corrected chi connectivity index (χ0v) is 20.5. The fraction of sp³-hybridized carbons (Fsp3) is 0.258. The third kappa shape index (κ3) is 4.82. The number of alkyl halides is 1. The Bertz CT molecular complexity index is 1360. The topological polar surface area (TPSA) is 65.9 Å². The number of aliphatic hydroxyl groups excluding tert-OH is 1. The molecule has 2 unspecified atom stereocenters. The smallest absolute Gasteiger partial charge is 0.209 e. The Kier molecular flexibility index (Phi) is 6.60. The van der Waals surface area contributed by atoms with E-state index in [2.05, 4.69) is 70.4 Å². The molecule has 1 saturated carbocycles. The van der Waals surface area contributed by atoms with Crippen molar-refractivity contribution >= 4 is 28.8 Å². The second kappa shape index (κ2) is 10.3. The number of aliphatic hydroxyl groups is 1. The van der Waals surface area contributed by atoms with Crippen LogP contribution < -0.4 is 10.9 Å². The Morgan fingerprint density at radius 3 is 2.46 bits per heavy atom. The van der Waals surface area contributed by atoms with Crippen LogP contribution in [0, 0.1) is 5.92 Å². The Morgan fingerprint density at radius 1 is 0.973 bits per heavy atom. The molecule has 0 spiro atoms. The first-order valence-electron chi connectivity index (χ1n) is 12.9. The summed E-state index contributed by atoms with van der Waals surface area (Å²) in [6, 6.07) is 25.1. The second-order valence-electron chi connectivity index (χ2n) is 9.77. The number of halogens is 1. The number of hydrazine groups is 1. The monoisotopic (exact) mass is 495 g/mol. The number of aliphatic imine (C=N–C) groups is 1. The van der Waals surface area contributed by atoms with Gasteiger partial charge < -0.3 is 15.3 Å². The molecule has 3 aromatic carbocycles. The van der Waals surface area contributed by atoms with Gasteiger partial charge in [0, 0.05) is 11.6 Å². The van der Waals surface area contributed by atoms with Gasteiger partial charge in [0.1, 0.15) is 6.10 Å². The summed E-state index contributed by atoms with van der Waals surface area (Å²) in [5.74, 6) is 1.01. The minimum atomic E-state index is -1.24. The maximum Gasteiger partial charge on any atom is 0.209 e. The lowest BCUT2D eigenvalue weighted by molar-refractivity contribution is 0.130. The van der Waals surface area contributed by atoms with Crippen molar-refractivity contribution in [1.29, 1.82) is 0 Å². The molecule has 0 aromatic heterocycles. The molecular formula is C31H30FN3O2. The summed E-state index contributed by atoms with van der Waals surface area (Å²) >= 11 is 0. The van der Waals surface area contributed by atoms with Gasteiger partial charge in [0.05, 0.1) is 18.8 Å². The van der Waals surface area contributed by atoms with Gasteiger partial charge in [-0.3, -0.25) is 0 Å². The van der Waals surface area contributed by atoms with E-state index in [0.29, 0.717) is 23.9 Å². The van der Waals surface area contributed by atoms with E-state index in [-0.39, 0.29) is 12.7 Å². The predicted molar refractivity (Wildman–Crippen MR) is 146 cm³/mol. The van der Waals surface area contributed by atoms with Gasteiger partial charge in [0.2, 0.25) is 5.90 Å². The molecule has 0 radical (unpaired) electrons. The van der Waals surface area contributed by atoms with E-state index in [1.165, 1.54) is 17.6 Å². The van der Waals surface area contributed by atoms with Crippen LogP contribution >= 0.6 is 0 Å². The fourth-order valence-corrected chi connectivity index (χ4v) is 5.19. The molecule has 0 bridgehead atoms. The molecule has 6 rings (SSSR count). The van der Waals surface area contributed by atoms with Gasteiger partial charge >= 0.3 is 0 Å². The van der Waals surface area contributed by atoms with E-state index in [9.17, 15) is 9.50 Å². The van der Waals surface area contributed by atoms with Crippen molar-refractivity contribution in [1.82, 2.24) is 5.43 Å². The van der Waals surface area contributed by atoms with E-state index < -0.39 is 6.30 Å². The first-order chi connectivity index (χ1) is 18.2. The van der Waals surface area contributed by atoms with Crippen LogP contribution in [0.3, 0.4) is 0 Å². The van der Waals surface area contributed by atoms with Crippen LogP contribution in [-0.2, 0) is 4.74 Å². The zero-order chi connectivity index (χ0) is 25.2. The first-order valence-corrected chi connectivity index (χ1v) is 12.9. The minimum Gasteiger partial charge on any atom is -0.470 e. The van der Waals surface area contributed by atoms with Crippen molar-refractivity contribution in [3.8, 4) is 0 Å². The summed E-state index contributed by atoms with van der Waals surface area (Å²) in [5, 5.41) is 9.25. The summed E-state index contributed by atoms with van der Waals surface area (Å²) in [6.45, 7) is 0.450. The highest BCUT2D eigenvalue weighted by Gasteiger charge is 2.28. The van der Waals surface area contributed by atoms with Crippen LogP contribution in [0.2, 0.25) is 0 Å². The largest absolute Gasteiger partial charge is 0.470 e. The molecule has 2 atom stereocenters. The number of rotatable bonds is 7. The van der Waals surface area contributed by atoms with E-state index in [4.69, 9.17) is 4.74 Å². The molecule has 5 nitrogen and oxygen atoms in total. The van der Waals surface area contributed by atoms with Crippen LogP contribution in [0.25, 0.3) is 17.2 Å². The number of ether oxygens (including phenoxy) is 1. The summed E-state index contributed by atoms with van der Waals surface area (Å²) in [6.07, 6.45) is 5.86. The van der Waals surface area contributed by atoms with Crippen LogP contribution in [0.5, 0.6) is 0 Å². The van der Waals surface area contributed by atoms with Crippen molar-refractivity contribution in [2.45, 2.75) is 31.7 Å². The normalized spacial score (nSPS) is 21.6. The van der Waals surface area contributed by atoms with Gasteiger partial charge in [-0.15, -0.1) is 0 Å². The standard InChI is InChI=1S/C31H30FN3O2/c32-31-26-17-24(14-15-27(26)34-35-31)30(29(22-7-4-8-22)21-5-2-1-3-6-21)23-12-9-20(10-13-23)11-16-28-33-18-25(19-36)37-28/h1-3,5-6,9-17,22,25,31,34-36H,4,7-8,18-19H2/b16-11+,30-29-. The Morgan fingerprint density at radius 2 is 1.76 bits per heavy atom. The van der Waals surface area contributed by atoms with Crippen molar-refractivity contribution < 1.29 is 14.2 Å². The van der Waals surface area contributed by atoms with E-state index in [0.717, 1.165) is 40.8 Å². The van der Waals surface area contributed by atoms with Crippen molar-refractivity contribution in [3.63, 3.8) is 0 Å². The summed E-state index contributed by atoms with van der Waals surface area (Å²) < 4.78 is 20.2. The minimum absolute atomic E-state index is 0.0344. The SMILES string of the molecule is OCC1CN=C(/C=C/c2ccc(/C(=C(\c3ccccc3)C3CCC3)c3ccc4c(c3)C(F)NN4)cc2)O1. The third-order valence-electron chi connectivity index (χ3n) is 7.37. The lowest BCUT2D eigenvalue weighted by Crippen LogP contribution is -2.16. The first kappa shape index (κ1) is 23.6. The van der Waals surface area contributed by atoms with Gasteiger partial charge in [-0.05, 0) is 70.4 Å². The predicted octanol–water partition coefficient (Wildman–Crippen LogP) is 6.15. The molecule has 2 heterocycles. The van der Waals surface area contributed by atoms with Crippen LogP contribution in [0.15, 0.2) is 83.9 Å². The van der Waals surface area contributed by atoms with Crippen molar-refractivity contribution in [2.75, 3.05) is 18.6 Å². The number of benzene rings is 3.